The number of thiol groups is 1. The van der Waals surface area contributed by atoms with Gasteiger partial charge in [0.25, 0.3) is 0 Å². The zero-order valence-corrected chi connectivity index (χ0v) is 60.1. The minimum absolute atomic E-state index is 0.00747. The second-order valence-electron chi connectivity index (χ2n) is 23.9. The summed E-state index contributed by atoms with van der Waals surface area (Å²) < 4.78 is 133. The summed E-state index contributed by atoms with van der Waals surface area (Å²) in [5.74, 6) is -34.1. The van der Waals surface area contributed by atoms with Gasteiger partial charge in [0.1, 0.15) is 48.3 Å². The van der Waals surface area contributed by atoms with Crippen molar-refractivity contribution >= 4 is 120 Å². The summed E-state index contributed by atoms with van der Waals surface area (Å²) in [6.45, 7) is 1.12. The maximum atomic E-state index is 16.6. The number of thioether (sulfide) groups is 2. The summed E-state index contributed by atoms with van der Waals surface area (Å²) in [6.07, 6.45) is -1.21. The Morgan fingerprint density at radius 1 is 0.519 bits per heavy atom. The van der Waals surface area contributed by atoms with Crippen molar-refractivity contribution in [2.24, 2.45) is 22.9 Å². The summed E-state index contributed by atoms with van der Waals surface area (Å²) in [5.41, 5.74) is 17.4. The molecule has 1 fully saturated rings. The molecule has 2 aromatic carbocycles. The largest absolute Gasteiger partial charge is 0.377 e. The molecule has 590 valence electrons. The highest BCUT2D eigenvalue weighted by Crippen LogP contribution is 2.42. The average Bonchev–Trinajstić information content (AvgIpc) is 0.749. The Labute approximate surface area is 618 Å². The lowest BCUT2D eigenvalue weighted by atomic mass is 10.0. The number of carbonyl (C=O) groups is 9. The van der Waals surface area contributed by atoms with Crippen LogP contribution in [0.5, 0.6) is 0 Å². The normalized spacial score (nSPS) is 18.3. The number of amides is 9. The molecule has 106 heavy (non-hydrogen) atoms. The average molecular weight is 1570 g/mol. The third kappa shape index (κ3) is 28.5. The molecule has 4 bridgehead atoms. The molecule has 0 aliphatic carbocycles. The SMILES string of the molecule is CNCCCC(NC(=O)C(CCCNC(=N)N)NC(=O)C(CCCNC(=N)N)NC(=O)C1CSc2c(F)c(F)c(c(F)c2F)-c2c(F)c(F)c(c(F)c2F)SCC(NS)C(=O)NC(CCCNC=N)C(=O)NC(CCCNC(=N)N)C(=O)NC(CCCNC(=N)N)C(=O)N1)C(=O)NCC(=O)N1CCNCC1. The number of hydrogen-bond donors (Lipinski definition) is 26. The lowest BCUT2D eigenvalue weighted by Crippen LogP contribution is -2.61. The minimum atomic E-state index is -2.65. The van der Waals surface area contributed by atoms with E-state index >= 15 is 39.9 Å². The first-order chi connectivity index (χ1) is 50.4. The van der Waals surface area contributed by atoms with Crippen molar-refractivity contribution in [3.63, 3.8) is 0 Å². The van der Waals surface area contributed by atoms with Gasteiger partial charge in [0, 0.05) is 70.4 Å². The van der Waals surface area contributed by atoms with Crippen LogP contribution in [0.25, 0.3) is 11.1 Å². The van der Waals surface area contributed by atoms with Crippen molar-refractivity contribution in [1.29, 1.82) is 27.0 Å². The van der Waals surface area contributed by atoms with Crippen LogP contribution in [0.1, 0.15) is 77.0 Å². The second kappa shape index (κ2) is 45.8. The quantitative estimate of drug-likeness (QED) is 0.00793. The van der Waals surface area contributed by atoms with Gasteiger partial charge in [-0.1, -0.05) is 12.8 Å². The van der Waals surface area contributed by atoms with E-state index in [2.05, 4.69) is 97.3 Å². The van der Waals surface area contributed by atoms with Gasteiger partial charge in [-0.3, -0.25) is 74.9 Å². The lowest BCUT2D eigenvalue weighted by molar-refractivity contribution is -0.136. The molecule has 8 atom stereocenters. The summed E-state index contributed by atoms with van der Waals surface area (Å²) in [5, 5.41) is 76.3. The van der Waals surface area contributed by atoms with E-state index in [1.807, 2.05) is 0 Å². The Kier molecular flexibility index (Phi) is 38.5. The molecular weight excluding hydrogens is 1480 g/mol. The third-order valence-electron chi connectivity index (χ3n) is 16.0. The third-order valence-corrected chi connectivity index (χ3v) is 18.7. The van der Waals surface area contributed by atoms with Crippen molar-refractivity contribution in [3.8, 4) is 11.1 Å². The van der Waals surface area contributed by atoms with E-state index in [1.54, 1.807) is 7.05 Å². The molecular formula is C60H92F8N26O9S3. The highest BCUT2D eigenvalue weighted by atomic mass is 32.2. The van der Waals surface area contributed by atoms with E-state index in [-0.39, 0.29) is 114 Å². The fourth-order valence-electron chi connectivity index (χ4n) is 10.5. The predicted octanol–water partition coefficient (Wildman–Crippen LogP) is -3.56. The number of carbonyl (C=O) groups excluding carboxylic acids is 9. The van der Waals surface area contributed by atoms with Crippen LogP contribution in [-0.2, 0) is 43.2 Å². The molecule has 8 unspecified atom stereocenters. The van der Waals surface area contributed by atoms with Gasteiger partial charge in [-0.15, -0.1) is 23.5 Å². The maximum Gasteiger partial charge on any atom is 0.244 e. The molecule has 46 heteroatoms. The monoisotopic (exact) mass is 1570 g/mol. The van der Waals surface area contributed by atoms with Gasteiger partial charge >= 0.3 is 0 Å². The van der Waals surface area contributed by atoms with Crippen LogP contribution in [0.2, 0.25) is 0 Å². The minimum Gasteiger partial charge on any atom is -0.377 e. The summed E-state index contributed by atoms with van der Waals surface area (Å²) in [6, 6.07) is -14.1. The molecule has 0 radical (unpaired) electrons. The van der Waals surface area contributed by atoms with Crippen LogP contribution in [0.3, 0.4) is 0 Å². The van der Waals surface area contributed by atoms with Gasteiger partial charge in [0.05, 0.1) is 33.8 Å². The van der Waals surface area contributed by atoms with Crippen LogP contribution >= 0.6 is 36.3 Å². The Morgan fingerprint density at radius 2 is 0.896 bits per heavy atom. The first-order valence-electron chi connectivity index (χ1n) is 33.3. The zero-order chi connectivity index (χ0) is 78.7. The number of fused-ring (bicyclic) bond motifs is 2. The molecule has 6 rings (SSSR count). The first-order valence-corrected chi connectivity index (χ1v) is 35.7. The van der Waals surface area contributed by atoms with Crippen LogP contribution < -0.4 is 107 Å². The molecule has 2 aromatic rings. The molecule has 9 amide bonds. The molecule has 0 saturated carbocycles. The van der Waals surface area contributed by atoms with Crippen LogP contribution in [0.4, 0.5) is 35.1 Å². The lowest BCUT2D eigenvalue weighted by Gasteiger charge is -2.29. The van der Waals surface area contributed by atoms with E-state index in [9.17, 15) is 38.4 Å². The summed E-state index contributed by atoms with van der Waals surface area (Å²) in [4.78, 5) is 128. The van der Waals surface area contributed by atoms with Crippen molar-refractivity contribution in [3.05, 3.63) is 46.5 Å². The Balaban J connectivity index is 1.95. The van der Waals surface area contributed by atoms with Gasteiger partial charge < -0.3 is 108 Å². The number of nitrogens with zero attached hydrogens (tertiary/aromatic N) is 1. The number of benzene rings is 2. The highest BCUT2D eigenvalue weighted by molar-refractivity contribution is 7.99. The number of rotatable bonds is 35. The molecule has 4 aliphatic heterocycles. The molecule has 0 aromatic heterocycles. The van der Waals surface area contributed by atoms with E-state index in [1.165, 1.54) is 4.90 Å². The molecule has 35 nitrogen and oxygen atoms in total. The van der Waals surface area contributed by atoms with Crippen LogP contribution in [0, 0.1) is 73.6 Å². The van der Waals surface area contributed by atoms with Gasteiger partial charge in [-0.05, 0) is 90.6 Å². The van der Waals surface area contributed by atoms with E-state index in [0.29, 0.717) is 39.1 Å². The Hall–Kier alpha value is -9.41. The number of piperazine rings is 1. The van der Waals surface area contributed by atoms with E-state index in [0.717, 1.165) is 6.34 Å². The summed E-state index contributed by atoms with van der Waals surface area (Å²) in [7, 11) is 1.63. The molecule has 1 saturated heterocycles. The van der Waals surface area contributed by atoms with Crippen LogP contribution in [-0.4, -0.2) is 227 Å². The predicted molar refractivity (Wildman–Crippen MR) is 381 cm³/mol. The smallest absolute Gasteiger partial charge is 0.244 e. The van der Waals surface area contributed by atoms with Crippen molar-refractivity contribution in [1.82, 2.24) is 89.4 Å². The number of guanidine groups is 4. The van der Waals surface area contributed by atoms with Gasteiger partial charge in [0.2, 0.25) is 53.2 Å². The number of halogens is 8. The first kappa shape index (κ1) is 89.0. The van der Waals surface area contributed by atoms with E-state index < -0.39 is 224 Å². The molecule has 29 N–H and O–H groups in total. The highest BCUT2D eigenvalue weighted by Gasteiger charge is 2.39. The van der Waals surface area contributed by atoms with Crippen molar-refractivity contribution < 1.29 is 78.3 Å². The Morgan fingerprint density at radius 3 is 1.31 bits per heavy atom. The second-order valence-corrected chi connectivity index (χ2v) is 26.2. The maximum absolute atomic E-state index is 16.6. The number of hydrogen-bond acceptors (Lipinski definition) is 20. The molecule has 4 aliphatic rings. The standard InChI is InChI=1S/C60H92F8N26O9S3/c1-78-14-2-8-28(49(96)85-24-36(95)94-22-20-79-21-23-94)86-50(97)30(10-4-16-81-57(70)71)87-53(100)32(12-6-18-83-59(74)75)90-55(102)34-25-105-47-43(65)39(61)37(40(62)44(47)66)38-41(63)45(67)48(46(68)42(38)64)106-26-35(93-104)56(103)91-29(9-3-15-80-27-69)51(98)88-31(11-5-17-82-58(72)73)52(99)89-33(54(101)92-34)13-7-19-84-60(76)77/h27-35,78-79,93,104H,2-26H2,1H3,(H2,69,80)(H,85,96)(H,86,97)(H,87,100)(H,88,98)(H,89,99)(H,90,102)(H,91,103)(H,92,101)(H4,70,71,81)(H4,72,73,82)(H4,74,75,83)(H4,76,77,84). The summed E-state index contributed by atoms with van der Waals surface area (Å²) >= 11 is 3.50. The van der Waals surface area contributed by atoms with Crippen molar-refractivity contribution in [2.75, 3.05) is 90.5 Å². The number of nitrogens with two attached hydrogens (primary N) is 4. The van der Waals surface area contributed by atoms with Crippen LogP contribution in [0.15, 0.2) is 9.79 Å². The van der Waals surface area contributed by atoms with Gasteiger partial charge in [0.15, 0.2) is 70.4 Å². The number of nitrogens with one attached hydrogen (secondary N) is 21. The molecule has 4 heterocycles. The molecule has 0 spiro atoms. The fourth-order valence-corrected chi connectivity index (χ4v) is 12.8. The zero-order valence-electron chi connectivity index (χ0n) is 57.6. The van der Waals surface area contributed by atoms with Gasteiger partial charge in [-0.2, -0.15) is 0 Å². The van der Waals surface area contributed by atoms with Gasteiger partial charge in [-0.25, -0.2) is 35.1 Å². The fraction of sp³-hybridized carbons (Fsp3) is 0.567. The Bertz CT molecular complexity index is 3410. The van der Waals surface area contributed by atoms with E-state index in [4.69, 9.17) is 50.0 Å². The topological polar surface area (TPSA) is 573 Å². The van der Waals surface area contributed by atoms with Crippen molar-refractivity contribution in [2.45, 2.75) is 135 Å².